The summed E-state index contributed by atoms with van der Waals surface area (Å²) in [6.07, 6.45) is -0.318. The first kappa shape index (κ1) is 20.8. The minimum atomic E-state index is -4.52. The summed E-state index contributed by atoms with van der Waals surface area (Å²) in [5.41, 5.74) is 0.766. The first-order valence-corrected chi connectivity index (χ1v) is 8.64. The number of aryl methyl sites for hydroxylation is 1. The average molecular weight is 415 g/mol. The van der Waals surface area contributed by atoms with Crippen molar-refractivity contribution in [2.24, 2.45) is 0 Å². The lowest BCUT2D eigenvalue weighted by molar-refractivity contribution is -0.137. The van der Waals surface area contributed by atoms with Gasteiger partial charge in [-0.25, -0.2) is 14.8 Å². The average Bonchev–Trinajstić information content (AvgIpc) is 2.69. The van der Waals surface area contributed by atoms with Gasteiger partial charge in [-0.15, -0.1) is 0 Å². The van der Waals surface area contributed by atoms with Crippen molar-refractivity contribution in [2.45, 2.75) is 13.1 Å². The second-order valence-corrected chi connectivity index (χ2v) is 6.27. The van der Waals surface area contributed by atoms with Crippen LogP contribution >= 0.6 is 0 Å². The number of hydrogen-bond donors (Lipinski definition) is 3. The minimum absolute atomic E-state index is 0.0171. The molecule has 0 spiro atoms. The number of rotatable bonds is 4. The first-order valence-electron chi connectivity index (χ1n) is 8.64. The van der Waals surface area contributed by atoms with Gasteiger partial charge < -0.3 is 16.0 Å². The number of aromatic nitrogens is 2. The zero-order chi connectivity index (χ0) is 21.7. The van der Waals surface area contributed by atoms with Crippen LogP contribution in [0.25, 0.3) is 0 Å². The molecule has 0 aliphatic heterocycles. The molecule has 1 heterocycles. The van der Waals surface area contributed by atoms with Crippen LogP contribution in [0, 0.1) is 6.92 Å². The topological polar surface area (TPSA) is 96.0 Å². The largest absolute Gasteiger partial charge is 0.416 e. The number of nitrogens with zero attached hydrogens (tertiary/aromatic N) is 2. The van der Waals surface area contributed by atoms with E-state index in [0.29, 0.717) is 22.5 Å². The second-order valence-electron chi connectivity index (χ2n) is 6.27. The molecule has 0 fully saturated rings. The van der Waals surface area contributed by atoms with Crippen molar-refractivity contribution in [3.8, 4) is 0 Å². The van der Waals surface area contributed by atoms with Crippen LogP contribution in [0.2, 0.25) is 0 Å². The highest BCUT2D eigenvalue weighted by molar-refractivity contribution is 6.06. The van der Waals surface area contributed by atoms with Crippen molar-refractivity contribution in [1.82, 2.24) is 9.97 Å². The first-order chi connectivity index (χ1) is 14.2. The van der Waals surface area contributed by atoms with E-state index in [-0.39, 0.29) is 5.69 Å². The van der Waals surface area contributed by atoms with Gasteiger partial charge in [-0.2, -0.15) is 13.2 Å². The number of nitrogens with one attached hydrogen (secondary N) is 3. The Hall–Kier alpha value is -3.95. The third kappa shape index (κ3) is 5.31. The Morgan fingerprint density at radius 1 is 0.867 bits per heavy atom. The van der Waals surface area contributed by atoms with Crippen molar-refractivity contribution in [1.29, 1.82) is 0 Å². The molecule has 0 saturated carbocycles. The van der Waals surface area contributed by atoms with Crippen molar-refractivity contribution in [3.63, 3.8) is 0 Å². The molecule has 10 heteroatoms. The number of amides is 3. The van der Waals surface area contributed by atoms with Crippen molar-refractivity contribution in [2.75, 3.05) is 16.0 Å². The van der Waals surface area contributed by atoms with Crippen LogP contribution in [0.5, 0.6) is 0 Å². The molecule has 0 unspecified atom stereocenters. The smallest absolute Gasteiger partial charge is 0.319 e. The maximum Gasteiger partial charge on any atom is 0.416 e. The maximum absolute atomic E-state index is 12.8. The molecule has 30 heavy (non-hydrogen) atoms. The SMILES string of the molecule is Cc1ccc(NC(=O)Nc2cccc(C(F)(F)F)c2)cc1C(=O)Nc1cncnc1. The van der Waals surface area contributed by atoms with Crippen LogP contribution in [0.3, 0.4) is 0 Å². The Bertz CT molecular complexity index is 1070. The Labute approximate surface area is 169 Å². The lowest BCUT2D eigenvalue weighted by atomic mass is 10.1. The number of carbonyl (C=O) groups excluding carboxylic acids is 2. The van der Waals surface area contributed by atoms with E-state index in [1.54, 1.807) is 19.1 Å². The number of carbonyl (C=O) groups is 2. The molecule has 2 aromatic carbocycles. The van der Waals surface area contributed by atoms with Gasteiger partial charge in [0.05, 0.1) is 23.6 Å². The normalized spacial score (nSPS) is 10.9. The summed E-state index contributed by atoms with van der Waals surface area (Å²) < 4.78 is 38.4. The van der Waals surface area contributed by atoms with Gasteiger partial charge in [-0.05, 0) is 42.8 Å². The summed E-state index contributed by atoms with van der Waals surface area (Å²) >= 11 is 0. The molecule has 0 saturated heterocycles. The molecular formula is C20H16F3N5O2. The van der Waals surface area contributed by atoms with Gasteiger partial charge in [-0.3, -0.25) is 4.79 Å². The zero-order valence-corrected chi connectivity index (χ0v) is 15.6. The Morgan fingerprint density at radius 2 is 1.53 bits per heavy atom. The fraction of sp³-hybridized carbons (Fsp3) is 0.100. The summed E-state index contributed by atoms with van der Waals surface area (Å²) in [5, 5.41) is 7.48. The van der Waals surface area contributed by atoms with Crippen LogP contribution < -0.4 is 16.0 Å². The predicted octanol–water partition coefficient (Wildman–Crippen LogP) is 4.70. The third-order valence-electron chi connectivity index (χ3n) is 4.01. The molecule has 0 aliphatic rings. The molecule has 3 aromatic rings. The summed E-state index contributed by atoms with van der Waals surface area (Å²) in [6.45, 7) is 1.73. The Kier molecular flexibility index (Phi) is 5.95. The molecule has 154 valence electrons. The van der Waals surface area contributed by atoms with Gasteiger partial charge >= 0.3 is 12.2 Å². The quantitative estimate of drug-likeness (QED) is 0.576. The predicted molar refractivity (Wildman–Crippen MR) is 105 cm³/mol. The van der Waals surface area contributed by atoms with Gasteiger partial charge in [0.1, 0.15) is 6.33 Å². The second kappa shape index (κ2) is 8.60. The van der Waals surface area contributed by atoms with E-state index in [0.717, 1.165) is 12.1 Å². The monoisotopic (exact) mass is 415 g/mol. The lowest BCUT2D eigenvalue weighted by Gasteiger charge is -2.12. The van der Waals surface area contributed by atoms with E-state index in [9.17, 15) is 22.8 Å². The summed E-state index contributed by atoms with van der Waals surface area (Å²) in [5.74, 6) is -0.427. The summed E-state index contributed by atoms with van der Waals surface area (Å²) in [4.78, 5) is 32.3. The van der Waals surface area contributed by atoms with Crippen molar-refractivity contribution in [3.05, 3.63) is 77.9 Å². The number of urea groups is 1. The standard InChI is InChI=1S/C20H16F3N5O2/c1-12-5-6-15(8-17(12)18(29)26-16-9-24-11-25-10-16)28-19(30)27-14-4-2-3-13(7-14)20(21,22)23/h2-11H,1H3,(H,26,29)(H2,27,28,30). The number of halogens is 3. The number of anilines is 3. The third-order valence-corrected chi connectivity index (χ3v) is 4.01. The van der Waals surface area contributed by atoms with E-state index >= 15 is 0 Å². The van der Waals surface area contributed by atoms with E-state index in [1.165, 1.54) is 36.9 Å². The molecular weight excluding hydrogens is 399 g/mol. The zero-order valence-electron chi connectivity index (χ0n) is 15.6. The summed E-state index contributed by atoms with van der Waals surface area (Å²) in [6, 6.07) is 8.19. The molecule has 0 atom stereocenters. The lowest BCUT2D eigenvalue weighted by Crippen LogP contribution is -2.20. The fourth-order valence-electron chi connectivity index (χ4n) is 2.57. The molecule has 7 nitrogen and oxygen atoms in total. The van der Waals surface area contributed by atoms with Crippen LogP contribution in [-0.2, 0) is 6.18 Å². The minimum Gasteiger partial charge on any atom is -0.319 e. The van der Waals surface area contributed by atoms with Gasteiger partial charge in [0, 0.05) is 16.9 Å². The molecule has 3 amide bonds. The number of benzene rings is 2. The van der Waals surface area contributed by atoms with E-state index in [2.05, 4.69) is 25.9 Å². The Balaban J connectivity index is 1.70. The van der Waals surface area contributed by atoms with Crippen molar-refractivity contribution >= 4 is 29.0 Å². The molecule has 0 bridgehead atoms. The van der Waals surface area contributed by atoms with Crippen LogP contribution in [0.4, 0.5) is 35.0 Å². The molecule has 1 aromatic heterocycles. The van der Waals surface area contributed by atoms with Gasteiger partial charge in [0.25, 0.3) is 5.91 Å². The van der Waals surface area contributed by atoms with E-state index in [4.69, 9.17) is 0 Å². The maximum atomic E-state index is 12.8. The van der Waals surface area contributed by atoms with E-state index in [1.807, 2.05) is 0 Å². The van der Waals surface area contributed by atoms with Gasteiger partial charge in [0.15, 0.2) is 0 Å². The fourth-order valence-corrected chi connectivity index (χ4v) is 2.57. The molecule has 3 rings (SSSR count). The number of alkyl halides is 3. The highest BCUT2D eigenvalue weighted by atomic mass is 19.4. The van der Waals surface area contributed by atoms with Crippen molar-refractivity contribution < 1.29 is 22.8 Å². The van der Waals surface area contributed by atoms with E-state index < -0.39 is 23.7 Å². The highest BCUT2D eigenvalue weighted by Gasteiger charge is 2.30. The summed E-state index contributed by atoms with van der Waals surface area (Å²) in [7, 11) is 0. The van der Waals surface area contributed by atoms with Gasteiger partial charge in [0.2, 0.25) is 0 Å². The van der Waals surface area contributed by atoms with Crippen LogP contribution in [0.1, 0.15) is 21.5 Å². The Morgan fingerprint density at radius 3 is 2.20 bits per heavy atom. The van der Waals surface area contributed by atoms with Crippen LogP contribution in [-0.4, -0.2) is 21.9 Å². The number of hydrogen-bond acceptors (Lipinski definition) is 4. The van der Waals surface area contributed by atoms with Gasteiger partial charge in [-0.1, -0.05) is 12.1 Å². The molecule has 0 radical (unpaired) electrons. The molecule has 3 N–H and O–H groups in total. The van der Waals surface area contributed by atoms with Crippen LogP contribution in [0.15, 0.2) is 61.2 Å². The molecule has 0 aliphatic carbocycles. The highest BCUT2D eigenvalue weighted by Crippen LogP contribution is 2.30.